The van der Waals surface area contributed by atoms with Crippen molar-refractivity contribution in [1.29, 1.82) is 0 Å². The Morgan fingerprint density at radius 3 is 0.717 bits per heavy atom. The van der Waals surface area contributed by atoms with E-state index < -0.39 is 6.10 Å². The molecular weight excluding hydrogens is 1460 g/mol. The van der Waals surface area contributed by atoms with Gasteiger partial charge < -0.3 is 25.0 Å². The van der Waals surface area contributed by atoms with E-state index >= 15 is 0 Å². The number of aliphatic hydroxyl groups is 1. The van der Waals surface area contributed by atoms with Crippen molar-refractivity contribution in [2.45, 2.75) is 216 Å². The van der Waals surface area contributed by atoms with Crippen LogP contribution in [0.1, 0.15) is 273 Å². The lowest BCUT2D eigenvalue weighted by atomic mass is 9.78. The fourth-order valence-corrected chi connectivity index (χ4v) is 16.6. The smallest absolute Gasteiger partial charge is 0.144 e. The lowest BCUT2D eigenvalue weighted by Gasteiger charge is -2.26. The van der Waals surface area contributed by atoms with Crippen LogP contribution in [0.2, 0.25) is 0 Å². The van der Waals surface area contributed by atoms with Crippen LogP contribution in [0.4, 0.5) is 0 Å². The van der Waals surface area contributed by atoms with Crippen molar-refractivity contribution in [3.05, 3.63) is 283 Å². The van der Waals surface area contributed by atoms with E-state index in [1.54, 1.807) is 0 Å². The Kier molecular flexibility index (Phi) is 20.3. The van der Waals surface area contributed by atoms with Crippen LogP contribution in [0, 0.1) is 11.8 Å². The van der Waals surface area contributed by atoms with Gasteiger partial charge in [-0.25, -0.2) is 19.9 Å². The average Bonchev–Trinajstić information content (AvgIpc) is 1.71. The van der Waals surface area contributed by atoms with E-state index in [0.717, 1.165) is 140 Å². The third-order valence-corrected chi connectivity index (χ3v) is 24.1. The SMILES string of the molecule is CC(C)(C)c1cc(-c2c3nc(c(-c4ccccc4)c4ccc([nH]4)c(-c4cc(C(C)(C)C)cc(C(C)(C)C)c4)c4nc(c(C#CC(O)c5c6nc(c(-c7cc(C(C)(C)C)cc(C(C)(C)C)c7)c7ccc([nH]7)c(-c7ccccc7)c7nc(c(-c8cc(C(C)(C)C)cc(C(C)(C)C)c8)c8ccc5[nH]8)C=C7)C=C6)c5ccc2[nH]5)C=C4)C=C3)cc(C(C)(C)C)c1. The first kappa shape index (κ1) is 81.8. The van der Waals surface area contributed by atoms with Crippen molar-refractivity contribution in [2.24, 2.45) is 0 Å². The van der Waals surface area contributed by atoms with E-state index in [9.17, 15) is 5.11 Å². The third kappa shape index (κ3) is 16.2. The lowest BCUT2D eigenvalue weighted by molar-refractivity contribution is 0.239. The molecule has 4 aliphatic rings. The molecule has 4 aliphatic heterocycles. The predicted molar refractivity (Wildman–Crippen MR) is 512 cm³/mol. The number of H-pyrrole nitrogens is 4. The maximum Gasteiger partial charge on any atom is 0.144 e. The van der Waals surface area contributed by atoms with Crippen molar-refractivity contribution in [2.75, 3.05) is 0 Å². The van der Waals surface area contributed by atoms with Crippen LogP contribution in [0.15, 0.2) is 182 Å². The summed E-state index contributed by atoms with van der Waals surface area (Å²) in [5, 5.41) is 14.0. The summed E-state index contributed by atoms with van der Waals surface area (Å²) in [7, 11) is 0. The summed E-state index contributed by atoms with van der Waals surface area (Å²) in [6, 6.07) is 66.8. The molecule has 5 N–H and O–H groups in total. The monoisotopic (exact) mass is 1580 g/mol. The molecule has 0 spiro atoms. The summed E-state index contributed by atoms with van der Waals surface area (Å²) in [4.78, 5) is 39.2. The normalized spacial score (nSPS) is 13.6. The van der Waals surface area contributed by atoms with Crippen LogP contribution in [0.25, 0.3) is 160 Å². The van der Waals surface area contributed by atoms with Crippen molar-refractivity contribution in [1.82, 2.24) is 39.9 Å². The topological polar surface area (TPSA) is 135 Å². The zero-order valence-electron chi connectivity index (χ0n) is 74.8. The summed E-state index contributed by atoms with van der Waals surface area (Å²) in [5.41, 5.74) is 33.8. The molecule has 6 aromatic carbocycles. The van der Waals surface area contributed by atoms with Gasteiger partial charge in [0.2, 0.25) is 0 Å². The molecule has 6 aromatic heterocycles. The van der Waals surface area contributed by atoms with Gasteiger partial charge in [-0.15, -0.1) is 0 Å². The van der Waals surface area contributed by atoms with Crippen LogP contribution >= 0.6 is 0 Å². The molecule has 0 amide bonds. The van der Waals surface area contributed by atoms with Crippen molar-refractivity contribution >= 4 is 92.7 Å². The molecule has 1 atom stereocenters. The quantitative estimate of drug-likeness (QED) is 0.101. The molecule has 0 saturated carbocycles. The van der Waals surface area contributed by atoms with Crippen molar-refractivity contribution in [3.63, 3.8) is 0 Å². The van der Waals surface area contributed by atoms with Crippen LogP contribution in [-0.4, -0.2) is 45.0 Å². The summed E-state index contributed by atoms with van der Waals surface area (Å²) in [6.07, 6.45) is 15.6. The second kappa shape index (κ2) is 29.8. The number of aromatic amines is 4. The highest BCUT2D eigenvalue weighted by molar-refractivity contribution is 6.01. The average molecular weight is 1580 g/mol. The molecule has 0 fully saturated rings. The Morgan fingerprint density at radius 1 is 0.233 bits per heavy atom. The second-order valence-electron chi connectivity index (χ2n) is 41.6. The van der Waals surface area contributed by atoms with Crippen LogP contribution in [0.3, 0.4) is 0 Å². The van der Waals surface area contributed by atoms with E-state index in [1.165, 1.54) is 44.5 Å². The highest BCUT2D eigenvalue weighted by Crippen LogP contribution is 2.47. The largest absolute Gasteiger partial charge is 0.376 e. The molecule has 0 saturated heterocycles. The van der Waals surface area contributed by atoms with Gasteiger partial charge in [-0.05, 0) is 218 Å². The number of hydrogen-bond donors (Lipinski definition) is 5. The van der Waals surface area contributed by atoms with Gasteiger partial charge in [-0.3, -0.25) is 0 Å². The molecule has 9 nitrogen and oxygen atoms in total. The van der Waals surface area contributed by atoms with E-state index in [1.807, 2.05) is 0 Å². The minimum atomic E-state index is -1.45. The first-order valence-electron chi connectivity index (χ1n) is 42.7. The Bertz CT molecular complexity index is 6440. The number of benzene rings is 6. The summed E-state index contributed by atoms with van der Waals surface area (Å²) >= 11 is 0. The molecule has 10 heterocycles. The van der Waals surface area contributed by atoms with E-state index in [-0.39, 0.29) is 43.3 Å². The van der Waals surface area contributed by atoms with Crippen LogP contribution in [0.5, 0.6) is 0 Å². The molecule has 0 radical (unpaired) electrons. The first-order valence-corrected chi connectivity index (χ1v) is 42.7. The second-order valence-corrected chi connectivity index (χ2v) is 41.6. The summed E-state index contributed by atoms with van der Waals surface area (Å²) < 4.78 is 0. The number of nitrogens with zero attached hydrogens (tertiary/aromatic N) is 4. The fraction of sp³-hybridized carbons (Fsp3) is 0.297. The molecule has 606 valence electrons. The molecule has 0 aliphatic carbocycles. The third-order valence-electron chi connectivity index (χ3n) is 24.1. The fourth-order valence-electron chi connectivity index (χ4n) is 16.6. The standard InChI is InChI=1S/C111H116N8O/c1-104(2,3)71-53-67(54-72(61-71)105(4,5)6)99-86-38-36-80(112-86)79(81-37-39-87(113-81)100(68-55-73(106(7,8)9)62-74(56-68)107(10,11)12)89-45-41-83(115-89)97(65-31-27-25-28-32-65)82-40-44-88(99)114-82)35-52-96(120)103-94-50-48-92(118-94)101(69-57-75(108(13,14)15)63-76(58-69)109(16,17)18)90-46-42-84(116-90)98(66-33-29-26-30-34-66)85-43-47-91(117-85)102(93-49-51-95(103)119-93)70-59-77(110(19,20)21)64-78(60-70)111(22,23)24/h25-34,36-51,53-64,96,112,115-116,119-120H,1-24H3. The molecule has 1 unspecified atom stereocenters. The highest BCUT2D eigenvalue weighted by atomic mass is 16.3. The Morgan fingerprint density at radius 2 is 0.442 bits per heavy atom. The van der Waals surface area contributed by atoms with Gasteiger partial charge in [0.05, 0.1) is 56.6 Å². The summed E-state index contributed by atoms with van der Waals surface area (Å²) in [6.45, 7) is 54.9. The van der Waals surface area contributed by atoms with Gasteiger partial charge in [0.1, 0.15) is 6.10 Å². The van der Waals surface area contributed by atoms with Gasteiger partial charge in [0.25, 0.3) is 0 Å². The Hall–Kier alpha value is -12.0. The van der Waals surface area contributed by atoms with Crippen molar-refractivity contribution < 1.29 is 5.11 Å². The minimum Gasteiger partial charge on any atom is -0.376 e. The van der Waals surface area contributed by atoms with Gasteiger partial charge >= 0.3 is 0 Å². The van der Waals surface area contributed by atoms with E-state index in [4.69, 9.17) is 19.9 Å². The minimum absolute atomic E-state index is 0.187. The molecule has 120 heavy (non-hydrogen) atoms. The maximum atomic E-state index is 14.0. The van der Waals surface area contributed by atoms with E-state index in [2.05, 4.69) is 429 Å². The number of nitrogens with one attached hydrogen (secondary N) is 4. The Labute approximate surface area is 710 Å². The lowest BCUT2D eigenvalue weighted by Crippen LogP contribution is -2.16. The number of aliphatic hydroxyl groups excluding tert-OH is 1. The van der Waals surface area contributed by atoms with Crippen molar-refractivity contribution in [3.8, 4) is 78.6 Å². The molecule has 16 bridgehead atoms. The Balaban J connectivity index is 1.04. The highest BCUT2D eigenvalue weighted by Gasteiger charge is 2.31. The van der Waals surface area contributed by atoms with Gasteiger partial charge in [0, 0.05) is 77.6 Å². The number of rotatable bonds is 7. The zero-order valence-corrected chi connectivity index (χ0v) is 74.8. The molecular formula is C111H116N8O. The van der Waals surface area contributed by atoms with E-state index in [0.29, 0.717) is 28.0 Å². The first-order chi connectivity index (χ1) is 56.4. The summed E-state index contributed by atoms with van der Waals surface area (Å²) in [5.74, 6) is 7.31. The van der Waals surface area contributed by atoms with Gasteiger partial charge in [-0.2, -0.15) is 0 Å². The van der Waals surface area contributed by atoms with Crippen LogP contribution in [-0.2, 0) is 43.3 Å². The number of aromatic nitrogens is 8. The number of hydrogen-bond acceptors (Lipinski definition) is 5. The molecule has 12 aromatic rings. The molecule has 16 rings (SSSR count). The van der Waals surface area contributed by atoms with Gasteiger partial charge in [0.15, 0.2) is 0 Å². The predicted octanol–water partition coefficient (Wildman–Crippen LogP) is 29.1. The molecule has 9 heteroatoms. The van der Waals surface area contributed by atoms with Gasteiger partial charge in [-0.1, -0.05) is 311 Å². The zero-order chi connectivity index (χ0) is 85.5. The van der Waals surface area contributed by atoms with Crippen LogP contribution < -0.4 is 0 Å². The maximum absolute atomic E-state index is 14.0. The number of fused-ring (bicyclic) bond motifs is 16.